The number of nitrogens with one attached hydrogen (secondary N) is 3. The molecule has 1 aromatic rings. The molecule has 6 nitrogen and oxygen atoms in total. The van der Waals surface area contributed by atoms with Crippen molar-refractivity contribution in [3.63, 3.8) is 0 Å². The second-order valence-electron chi connectivity index (χ2n) is 4.85. The molecule has 0 atom stereocenters. The summed E-state index contributed by atoms with van der Waals surface area (Å²) in [6, 6.07) is 4.05. The van der Waals surface area contributed by atoms with Crippen molar-refractivity contribution in [2.45, 2.75) is 19.9 Å². The molecule has 0 aliphatic heterocycles. The first kappa shape index (κ1) is 16.7. The van der Waals surface area contributed by atoms with Crippen LogP contribution < -0.4 is 20.9 Å². The Hall–Kier alpha value is -2.31. The van der Waals surface area contributed by atoms with Crippen LogP contribution in [-0.2, 0) is 4.79 Å². The van der Waals surface area contributed by atoms with Crippen LogP contribution in [0.3, 0.4) is 0 Å². The summed E-state index contributed by atoms with van der Waals surface area (Å²) in [5.74, 6) is -0.736. The average molecular weight is 296 g/mol. The van der Waals surface area contributed by atoms with E-state index >= 15 is 0 Å². The van der Waals surface area contributed by atoms with Gasteiger partial charge in [0, 0.05) is 25.8 Å². The summed E-state index contributed by atoms with van der Waals surface area (Å²) in [6.07, 6.45) is 0. The molecular weight excluding hydrogens is 275 g/mol. The maximum atomic E-state index is 14.0. The summed E-state index contributed by atoms with van der Waals surface area (Å²) in [5, 5.41) is 7.21. The smallest absolute Gasteiger partial charge is 0.319 e. The van der Waals surface area contributed by atoms with Crippen LogP contribution in [-0.4, -0.2) is 38.6 Å². The average Bonchev–Trinajstić information content (AvgIpc) is 2.44. The van der Waals surface area contributed by atoms with E-state index in [1.54, 1.807) is 24.1 Å². The molecule has 0 aromatic heterocycles. The van der Waals surface area contributed by atoms with E-state index in [1.807, 2.05) is 13.8 Å². The van der Waals surface area contributed by atoms with E-state index in [-0.39, 0.29) is 18.5 Å². The molecule has 116 valence electrons. The zero-order valence-electron chi connectivity index (χ0n) is 12.7. The normalized spacial score (nSPS) is 10.2. The SMILES string of the molecule is CNC(=O)CNC(=O)Nc1ccc(N(C)C(C)C)c(F)c1. The van der Waals surface area contributed by atoms with E-state index in [0.29, 0.717) is 11.4 Å². The first-order valence-electron chi connectivity index (χ1n) is 6.63. The van der Waals surface area contributed by atoms with Gasteiger partial charge in [-0.15, -0.1) is 0 Å². The Balaban J connectivity index is 2.67. The summed E-state index contributed by atoms with van der Waals surface area (Å²) in [5.41, 5.74) is 0.782. The second kappa shape index (κ2) is 7.47. The van der Waals surface area contributed by atoms with E-state index in [2.05, 4.69) is 16.0 Å². The van der Waals surface area contributed by atoms with Gasteiger partial charge in [0.15, 0.2) is 0 Å². The Kier molecular flexibility index (Phi) is 5.95. The molecule has 0 saturated heterocycles. The van der Waals surface area contributed by atoms with Crippen molar-refractivity contribution in [2.24, 2.45) is 0 Å². The molecule has 0 bridgehead atoms. The van der Waals surface area contributed by atoms with Crippen molar-refractivity contribution >= 4 is 23.3 Å². The Morgan fingerprint density at radius 1 is 1.33 bits per heavy atom. The highest BCUT2D eigenvalue weighted by atomic mass is 19.1. The molecule has 0 heterocycles. The quantitative estimate of drug-likeness (QED) is 0.771. The van der Waals surface area contributed by atoms with Crippen LogP contribution in [0.5, 0.6) is 0 Å². The van der Waals surface area contributed by atoms with Gasteiger partial charge in [-0.05, 0) is 32.0 Å². The zero-order chi connectivity index (χ0) is 16.0. The summed E-state index contributed by atoms with van der Waals surface area (Å²) >= 11 is 0. The molecule has 0 spiro atoms. The largest absolute Gasteiger partial charge is 0.370 e. The van der Waals surface area contributed by atoms with Crippen LogP contribution in [0.25, 0.3) is 0 Å². The molecule has 0 fully saturated rings. The number of likely N-dealkylation sites (N-methyl/N-ethyl adjacent to an activating group) is 1. The predicted molar refractivity (Wildman–Crippen MR) is 81.0 cm³/mol. The maximum Gasteiger partial charge on any atom is 0.319 e. The third-order valence-electron chi connectivity index (χ3n) is 3.05. The van der Waals surface area contributed by atoms with Gasteiger partial charge in [0.25, 0.3) is 0 Å². The van der Waals surface area contributed by atoms with Gasteiger partial charge in [-0.1, -0.05) is 0 Å². The molecule has 1 aromatic carbocycles. The van der Waals surface area contributed by atoms with Crippen LogP contribution >= 0.6 is 0 Å². The Labute approximate surface area is 123 Å². The number of rotatable bonds is 5. The molecule has 3 amide bonds. The van der Waals surface area contributed by atoms with Crippen LogP contribution in [0.2, 0.25) is 0 Å². The van der Waals surface area contributed by atoms with Gasteiger partial charge in [-0.25, -0.2) is 9.18 Å². The summed E-state index contributed by atoms with van der Waals surface area (Å²) in [4.78, 5) is 24.3. The highest BCUT2D eigenvalue weighted by molar-refractivity contribution is 5.92. The lowest BCUT2D eigenvalue weighted by molar-refractivity contribution is -0.119. The highest BCUT2D eigenvalue weighted by Gasteiger charge is 2.12. The van der Waals surface area contributed by atoms with Crippen molar-refractivity contribution in [3.05, 3.63) is 24.0 Å². The fourth-order valence-electron chi connectivity index (χ4n) is 1.57. The minimum Gasteiger partial charge on any atom is -0.370 e. The molecule has 21 heavy (non-hydrogen) atoms. The van der Waals surface area contributed by atoms with Gasteiger partial charge in [0.2, 0.25) is 5.91 Å². The van der Waals surface area contributed by atoms with Crippen LogP contribution in [0.1, 0.15) is 13.8 Å². The number of nitrogens with zero attached hydrogens (tertiary/aromatic N) is 1. The number of halogens is 1. The fraction of sp³-hybridized carbons (Fsp3) is 0.429. The minimum absolute atomic E-state index is 0.140. The van der Waals surface area contributed by atoms with Crippen molar-refractivity contribution in [1.29, 1.82) is 0 Å². The van der Waals surface area contributed by atoms with Gasteiger partial charge < -0.3 is 20.9 Å². The van der Waals surface area contributed by atoms with Crippen LogP contribution in [0.15, 0.2) is 18.2 Å². The van der Waals surface area contributed by atoms with Crippen molar-refractivity contribution in [3.8, 4) is 0 Å². The summed E-state index contributed by atoms with van der Waals surface area (Å²) < 4.78 is 14.0. The van der Waals surface area contributed by atoms with Gasteiger partial charge >= 0.3 is 6.03 Å². The van der Waals surface area contributed by atoms with E-state index in [0.717, 1.165) is 0 Å². The van der Waals surface area contributed by atoms with Gasteiger partial charge in [-0.2, -0.15) is 0 Å². The lowest BCUT2D eigenvalue weighted by Gasteiger charge is -2.24. The topological polar surface area (TPSA) is 73.5 Å². The third-order valence-corrected chi connectivity index (χ3v) is 3.05. The zero-order valence-corrected chi connectivity index (χ0v) is 12.7. The Bertz CT molecular complexity index is 520. The number of carbonyl (C=O) groups is 2. The number of hydrogen-bond donors (Lipinski definition) is 3. The molecule has 1 rings (SSSR count). The number of carbonyl (C=O) groups excluding carboxylic acids is 2. The summed E-state index contributed by atoms with van der Waals surface area (Å²) in [6.45, 7) is 3.77. The molecule has 3 N–H and O–H groups in total. The highest BCUT2D eigenvalue weighted by Crippen LogP contribution is 2.23. The van der Waals surface area contributed by atoms with Crippen LogP contribution in [0.4, 0.5) is 20.6 Å². The second-order valence-corrected chi connectivity index (χ2v) is 4.85. The van der Waals surface area contributed by atoms with Gasteiger partial charge in [0.1, 0.15) is 5.82 Å². The van der Waals surface area contributed by atoms with E-state index in [1.165, 1.54) is 13.1 Å². The monoisotopic (exact) mass is 296 g/mol. The van der Waals surface area contributed by atoms with Crippen LogP contribution in [0, 0.1) is 5.82 Å². The van der Waals surface area contributed by atoms with Gasteiger partial charge in [0.05, 0.1) is 12.2 Å². The number of benzene rings is 1. The molecule has 0 aliphatic rings. The molecule has 0 saturated carbocycles. The summed E-state index contributed by atoms with van der Waals surface area (Å²) in [7, 11) is 3.27. The van der Waals surface area contributed by atoms with E-state index in [4.69, 9.17) is 0 Å². The Morgan fingerprint density at radius 2 is 2.00 bits per heavy atom. The Morgan fingerprint density at radius 3 is 2.52 bits per heavy atom. The first-order valence-corrected chi connectivity index (χ1v) is 6.63. The lowest BCUT2D eigenvalue weighted by atomic mass is 10.2. The number of hydrogen-bond acceptors (Lipinski definition) is 3. The molecular formula is C14H21FN4O2. The standard InChI is InChI=1S/C14H21FN4O2/c1-9(2)19(4)12-6-5-10(7-11(12)15)18-14(21)17-8-13(20)16-3/h5-7,9H,8H2,1-4H3,(H,16,20)(H2,17,18,21). The maximum absolute atomic E-state index is 14.0. The third kappa shape index (κ3) is 4.94. The van der Waals surface area contributed by atoms with E-state index in [9.17, 15) is 14.0 Å². The molecule has 0 aliphatic carbocycles. The predicted octanol–water partition coefficient (Wildman–Crippen LogP) is 1.54. The molecule has 0 radical (unpaired) electrons. The van der Waals surface area contributed by atoms with Crippen molar-refractivity contribution in [1.82, 2.24) is 10.6 Å². The minimum atomic E-state index is -0.567. The van der Waals surface area contributed by atoms with Gasteiger partial charge in [-0.3, -0.25) is 4.79 Å². The first-order chi connectivity index (χ1) is 9.85. The number of anilines is 2. The molecule has 7 heteroatoms. The lowest BCUT2D eigenvalue weighted by Crippen LogP contribution is -2.37. The number of urea groups is 1. The van der Waals surface area contributed by atoms with E-state index < -0.39 is 11.8 Å². The fourth-order valence-corrected chi connectivity index (χ4v) is 1.57. The number of amides is 3. The molecule has 0 unspecified atom stereocenters. The van der Waals surface area contributed by atoms with Crippen molar-refractivity contribution in [2.75, 3.05) is 30.9 Å². The van der Waals surface area contributed by atoms with Crippen molar-refractivity contribution < 1.29 is 14.0 Å².